The molecular formula is C20H27N3O3S2. The van der Waals surface area contributed by atoms with Crippen LogP contribution in [0.3, 0.4) is 0 Å². The molecule has 6 nitrogen and oxygen atoms in total. The van der Waals surface area contributed by atoms with Gasteiger partial charge in [0.2, 0.25) is 5.91 Å². The van der Waals surface area contributed by atoms with E-state index in [1.807, 2.05) is 64.1 Å². The number of benzene rings is 1. The lowest BCUT2D eigenvalue weighted by atomic mass is 9.92. The monoisotopic (exact) mass is 421 g/mol. The van der Waals surface area contributed by atoms with Gasteiger partial charge in [-0.05, 0) is 25.5 Å². The van der Waals surface area contributed by atoms with Gasteiger partial charge in [-0.25, -0.2) is 13.1 Å². The number of carbonyl (C=O) groups is 1. The van der Waals surface area contributed by atoms with Gasteiger partial charge in [0.15, 0.2) is 9.84 Å². The molecule has 2 aromatic rings. The highest BCUT2D eigenvalue weighted by Gasteiger charge is 2.33. The number of aromatic nitrogens is 2. The van der Waals surface area contributed by atoms with Crippen LogP contribution in [0, 0.1) is 0 Å². The number of nitrogens with one attached hydrogen (secondary N) is 1. The Morgan fingerprint density at radius 1 is 1.29 bits per heavy atom. The Morgan fingerprint density at radius 3 is 2.54 bits per heavy atom. The van der Waals surface area contributed by atoms with Crippen LogP contribution in [0.4, 0.5) is 5.82 Å². The van der Waals surface area contributed by atoms with Gasteiger partial charge >= 0.3 is 0 Å². The van der Waals surface area contributed by atoms with Gasteiger partial charge in [0.1, 0.15) is 5.82 Å². The predicted molar refractivity (Wildman–Crippen MR) is 114 cm³/mol. The van der Waals surface area contributed by atoms with Crippen molar-refractivity contribution < 1.29 is 13.2 Å². The van der Waals surface area contributed by atoms with Crippen molar-refractivity contribution in [3.8, 4) is 0 Å². The molecule has 1 aromatic carbocycles. The normalized spacial score (nSPS) is 20.1. The van der Waals surface area contributed by atoms with E-state index in [2.05, 4.69) is 10.4 Å². The zero-order chi connectivity index (χ0) is 20.5. The Bertz CT molecular complexity index is 947. The maximum Gasteiger partial charge on any atom is 0.238 e. The molecule has 0 radical (unpaired) electrons. The molecule has 0 spiro atoms. The summed E-state index contributed by atoms with van der Waals surface area (Å²) in [6.07, 6.45) is 0.519. The summed E-state index contributed by atoms with van der Waals surface area (Å²) in [5.74, 6) is 0.666. The summed E-state index contributed by atoms with van der Waals surface area (Å²) in [4.78, 5) is 13.8. The maximum absolute atomic E-state index is 12.8. The van der Waals surface area contributed by atoms with E-state index in [0.717, 1.165) is 10.6 Å². The number of amides is 1. The van der Waals surface area contributed by atoms with E-state index in [9.17, 15) is 13.2 Å². The van der Waals surface area contributed by atoms with Crippen LogP contribution in [-0.2, 0) is 20.0 Å². The van der Waals surface area contributed by atoms with Gasteiger partial charge in [0.25, 0.3) is 0 Å². The smallest absolute Gasteiger partial charge is 0.238 e. The molecule has 1 aromatic heterocycles. The fourth-order valence-electron chi connectivity index (χ4n) is 3.09. The molecule has 1 saturated heterocycles. The minimum Gasteiger partial charge on any atom is -0.310 e. The number of thioether (sulfide) groups is 1. The first-order valence-electron chi connectivity index (χ1n) is 9.38. The van der Waals surface area contributed by atoms with E-state index in [1.54, 1.807) is 4.68 Å². The Balaban J connectivity index is 1.81. The second-order valence-corrected chi connectivity index (χ2v) is 11.9. The van der Waals surface area contributed by atoms with Crippen LogP contribution in [0.15, 0.2) is 41.3 Å². The summed E-state index contributed by atoms with van der Waals surface area (Å²) in [6.45, 7) is 8.00. The summed E-state index contributed by atoms with van der Waals surface area (Å²) in [5.41, 5.74) is 0.627. The van der Waals surface area contributed by atoms with Crippen LogP contribution in [0.1, 0.15) is 45.9 Å². The molecule has 152 valence electrons. The third kappa shape index (κ3) is 4.97. The first-order valence-corrected chi connectivity index (χ1v) is 12.1. The third-order valence-electron chi connectivity index (χ3n) is 4.73. The molecule has 2 heterocycles. The van der Waals surface area contributed by atoms with Crippen molar-refractivity contribution in [2.45, 2.75) is 55.7 Å². The summed E-state index contributed by atoms with van der Waals surface area (Å²) >= 11 is 1.48. The van der Waals surface area contributed by atoms with Crippen molar-refractivity contribution in [3.05, 3.63) is 42.1 Å². The molecule has 3 rings (SSSR count). The summed E-state index contributed by atoms with van der Waals surface area (Å²) in [6, 6.07) is 11.4. The van der Waals surface area contributed by atoms with Crippen molar-refractivity contribution in [1.29, 1.82) is 0 Å². The minimum atomic E-state index is -3.05. The van der Waals surface area contributed by atoms with E-state index in [0.29, 0.717) is 12.2 Å². The van der Waals surface area contributed by atoms with Crippen LogP contribution >= 0.6 is 11.8 Å². The molecule has 1 aliphatic rings. The van der Waals surface area contributed by atoms with Crippen LogP contribution < -0.4 is 5.32 Å². The largest absolute Gasteiger partial charge is 0.310 e. The zero-order valence-corrected chi connectivity index (χ0v) is 18.3. The molecule has 0 saturated carbocycles. The number of carbonyl (C=O) groups excluding carboxylic acids is 1. The quantitative estimate of drug-likeness (QED) is 0.745. The summed E-state index contributed by atoms with van der Waals surface area (Å²) in [7, 11) is -3.05. The van der Waals surface area contributed by atoms with E-state index < -0.39 is 9.84 Å². The molecule has 2 atom stereocenters. The highest BCUT2D eigenvalue weighted by atomic mass is 32.2. The van der Waals surface area contributed by atoms with Crippen molar-refractivity contribution in [2.24, 2.45) is 0 Å². The Labute approximate surface area is 171 Å². The second-order valence-electron chi connectivity index (χ2n) is 8.23. The van der Waals surface area contributed by atoms with Gasteiger partial charge in [-0.2, -0.15) is 5.10 Å². The van der Waals surface area contributed by atoms with E-state index in [-0.39, 0.29) is 34.1 Å². The third-order valence-corrected chi connectivity index (χ3v) is 7.60. The first-order chi connectivity index (χ1) is 13.0. The van der Waals surface area contributed by atoms with Gasteiger partial charge < -0.3 is 5.32 Å². The van der Waals surface area contributed by atoms with Crippen LogP contribution in [0.5, 0.6) is 0 Å². The predicted octanol–water partition coefficient (Wildman–Crippen LogP) is 3.66. The van der Waals surface area contributed by atoms with Crippen molar-refractivity contribution in [3.63, 3.8) is 0 Å². The zero-order valence-electron chi connectivity index (χ0n) is 16.7. The number of sulfone groups is 1. The molecule has 0 aliphatic carbocycles. The Hall–Kier alpha value is -1.80. The lowest BCUT2D eigenvalue weighted by Crippen LogP contribution is -2.25. The minimum absolute atomic E-state index is 0.0649. The van der Waals surface area contributed by atoms with Gasteiger partial charge in [-0.3, -0.25) is 4.79 Å². The highest BCUT2D eigenvalue weighted by Crippen LogP contribution is 2.31. The lowest BCUT2D eigenvalue weighted by molar-refractivity contribution is -0.115. The first kappa shape index (κ1) is 20.9. The molecule has 1 fully saturated rings. The molecule has 0 unspecified atom stereocenters. The number of rotatable bonds is 5. The number of anilines is 1. The molecular weight excluding hydrogens is 394 g/mol. The van der Waals surface area contributed by atoms with Crippen LogP contribution in [0.25, 0.3) is 0 Å². The van der Waals surface area contributed by atoms with E-state index in [1.165, 1.54) is 11.8 Å². The van der Waals surface area contributed by atoms with E-state index in [4.69, 9.17) is 0 Å². The lowest BCUT2D eigenvalue weighted by Gasteiger charge is -2.16. The van der Waals surface area contributed by atoms with Crippen LogP contribution in [-0.4, -0.2) is 40.9 Å². The Kier molecular flexibility index (Phi) is 5.91. The highest BCUT2D eigenvalue weighted by molar-refractivity contribution is 8.00. The van der Waals surface area contributed by atoms with Crippen molar-refractivity contribution >= 4 is 33.3 Å². The van der Waals surface area contributed by atoms with Crippen molar-refractivity contribution in [2.75, 3.05) is 16.8 Å². The number of hydrogen-bond acceptors (Lipinski definition) is 5. The SMILES string of the molecule is C[C@H](Sc1ccccc1)C(=O)Nc1cc(C(C)(C)C)nn1[C@H]1CCS(=O)(=O)C1. The second kappa shape index (κ2) is 7.91. The number of hydrogen-bond donors (Lipinski definition) is 1. The summed E-state index contributed by atoms with van der Waals surface area (Å²) < 4.78 is 25.6. The van der Waals surface area contributed by atoms with Gasteiger partial charge in [0.05, 0.1) is 28.5 Å². The van der Waals surface area contributed by atoms with Crippen molar-refractivity contribution in [1.82, 2.24) is 9.78 Å². The Morgan fingerprint density at radius 2 is 1.96 bits per heavy atom. The van der Waals surface area contributed by atoms with E-state index >= 15 is 0 Å². The average Bonchev–Trinajstić information content (AvgIpc) is 3.18. The standard InChI is InChI=1S/C20H27N3O3S2/c1-14(27-16-8-6-5-7-9-16)19(24)21-18-12-17(20(2,3)4)22-23(18)15-10-11-28(25,26)13-15/h5-9,12,14-15H,10-11,13H2,1-4H3,(H,21,24)/t14-,15-/m0/s1. The van der Waals surface area contributed by atoms with Gasteiger partial charge in [0, 0.05) is 16.4 Å². The molecule has 1 amide bonds. The maximum atomic E-state index is 12.8. The molecule has 1 N–H and O–H groups in total. The van der Waals surface area contributed by atoms with Gasteiger partial charge in [-0.15, -0.1) is 11.8 Å². The average molecular weight is 422 g/mol. The summed E-state index contributed by atoms with van der Waals surface area (Å²) in [5, 5.41) is 7.33. The molecule has 8 heteroatoms. The fraction of sp³-hybridized carbons (Fsp3) is 0.500. The number of nitrogens with zero attached hydrogens (tertiary/aromatic N) is 2. The molecule has 1 aliphatic heterocycles. The van der Waals surface area contributed by atoms with Gasteiger partial charge in [-0.1, -0.05) is 39.0 Å². The molecule has 0 bridgehead atoms. The topological polar surface area (TPSA) is 81.1 Å². The molecule has 28 heavy (non-hydrogen) atoms. The fourth-order valence-corrected chi connectivity index (χ4v) is 5.67. The van der Waals surface area contributed by atoms with Crippen LogP contribution in [0.2, 0.25) is 0 Å².